The van der Waals surface area contributed by atoms with Gasteiger partial charge < -0.3 is 11.1 Å². The second-order valence-electron chi connectivity index (χ2n) is 7.85. The zero-order valence-corrected chi connectivity index (χ0v) is 18.1. The topological polar surface area (TPSA) is 88.3 Å². The number of rotatable bonds is 8. The molecule has 31 heavy (non-hydrogen) atoms. The molecule has 1 unspecified atom stereocenters. The maximum absolute atomic E-state index is 12.5. The molecule has 0 saturated carbocycles. The largest absolute Gasteiger partial charge is 0.368 e. The van der Waals surface area contributed by atoms with E-state index in [0.717, 1.165) is 47.8 Å². The SMILES string of the molecule is NC(=O)C1CCCN1Cc1cccc(NC(=O)Cc2csc(Cc3ccccc3)n2)c1. The Hall–Kier alpha value is -3.03. The normalized spacial score (nSPS) is 16.3. The number of nitrogens with zero attached hydrogens (tertiary/aromatic N) is 2. The van der Waals surface area contributed by atoms with Gasteiger partial charge in [-0.3, -0.25) is 14.5 Å². The highest BCUT2D eigenvalue weighted by atomic mass is 32.1. The summed E-state index contributed by atoms with van der Waals surface area (Å²) in [7, 11) is 0. The third kappa shape index (κ3) is 5.77. The lowest BCUT2D eigenvalue weighted by Crippen LogP contribution is -2.39. The molecule has 1 aliphatic heterocycles. The van der Waals surface area contributed by atoms with Gasteiger partial charge in [-0.2, -0.15) is 0 Å². The lowest BCUT2D eigenvalue weighted by molar-refractivity contribution is -0.122. The summed E-state index contributed by atoms with van der Waals surface area (Å²) in [6, 6.07) is 17.7. The molecule has 2 aromatic carbocycles. The Morgan fingerprint density at radius 3 is 2.74 bits per heavy atom. The van der Waals surface area contributed by atoms with Crippen LogP contribution in [-0.4, -0.2) is 34.3 Å². The van der Waals surface area contributed by atoms with E-state index in [0.29, 0.717) is 6.54 Å². The number of nitrogens with one attached hydrogen (secondary N) is 1. The van der Waals surface area contributed by atoms with E-state index < -0.39 is 0 Å². The minimum Gasteiger partial charge on any atom is -0.368 e. The summed E-state index contributed by atoms with van der Waals surface area (Å²) in [5.41, 5.74) is 9.30. The number of hydrogen-bond acceptors (Lipinski definition) is 5. The standard InChI is InChI=1S/C24H26N4O2S/c25-24(30)21-10-5-11-28(21)15-18-8-4-9-19(12-18)26-22(29)14-20-16-31-23(27-20)13-17-6-2-1-3-7-17/h1-4,6-9,12,16,21H,5,10-11,13-15H2,(H2,25,30)(H,26,29). The number of anilines is 1. The minimum atomic E-state index is -0.267. The minimum absolute atomic E-state index is 0.0927. The Bertz CT molecular complexity index is 1050. The van der Waals surface area contributed by atoms with Crippen LogP contribution in [0.5, 0.6) is 0 Å². The maximum Gasteiger partial charge on any atom is 0.234 e. The highest BCUT2D eigenvalue weighted by Gasteiger charge is 2.28. The zero-order valence-electron chi connectivity index (χ0n) is 17.3. The zero-order chi connectivity index (χ0) is 21.6. The van der Waals surface area contributed by atoms with Crippen molar-refractivity contribution < 1.29 is 9.59 Å². The molecule has 0 aliphatic carbocycles. The Kier molecular flexibility index (Phi) is 6.74. The summed E-state index contributed by atoms with van der Waals surface area (Å²) in [5.74, 6) is -0.359. The maximum atomic E-state index is 12.5. The summed E-state index contributed by atoms with van der Waals surface area (Å²) in [5, 5.41) is 5.92. The van der Waals surface area contributed by atoms with Crippen molar-refractivity contribution in [3.63, 3.8) is 0 Å². The number of likely N-dealkylation sites (tertiary alicyclic amines) is 1. The second-order valence-corrected chi connectivity index (χ2v) is 8.79. The van der Waals surface area contributed by atoms with Gasteiger partial charge in [0.15, 0.2) is 0 Å². The van der Waals surface area contributed by atoms with Gasteiger partial charge in [0, 0.05) is 24.0 Å². The second kappa shape index (κ2) is 9.85. The molecule has 160 valence electrons. The first-order valence-corrected chi connectivity index (χ1v) is 11.3. The molecular formula is C24H26N4O2S. The molecule has 4 rings (SSSR count). The van der Waals surface area contributed by atoms with Crippen LogP contribution in [-0.2, 0) is 29.0 Å². The van der Waals surface area contributed by atoms with Crippen LogP contribution in [0.3, 0.4) is 0 Å². The van der Waals surface area contributed by atoms with E-state index in [2.05, 4.69) is 27.3 Å². The van der Waals surface area contributed by atoms with Crippen molar-refractivity contribution in [1.82, 2.24) is 9.88 Å². The number of benzene rings is 2. The van der Waals surface area contributed by atoms with Gasteiger partial charge in [-0.1, -0.05) is 42.5 Å². The van der Waals surface area contributed by atoms with Gasteiger partial charge in [-0.15, -0.1) is 11.3 Å². The fraction of sp³-hybridized carbons (Fsp3) is 0.292. The van der Waals surface area contributed by atoms with Crippen LogP contribution in [0.2, 0.25) is 0 Å². The summed E-state index contributed by atoms with van der Waals surface area (Å²) in [4.78, 5) is 30.8. The van der Waals surface area contributed by atoms with E-state index >= 15 is 0 Å². The monoisotopic (exact) mass is 434 g/mol. The van der Waals surface area contributed by atoms with Gasteiger partial charge in [0.25, 0.3) is 0 Å². The van der Waals surface area contributed by atoms with Gasteiger partial charge in [0.1, 0.15) is 0 Å². The van der Waals surface area contributed by atoms with Gasteiger partial charge in [0.2, 0.25) is 11.8 Å². The summed E-state index contributed by atoms with van der Waals surface area (Å²) >= 11 is 1.58. The molecule has 2 amide bonds. The highest BCUT2D eigenvalue weighted by molar-refractivity contribution is 7.09. The van der Waals surface area contributed by atoms with E-state index in [1.807, 2.05) is 47.8 Å². The molecule has 1 aliphatic rings. The first kappa shape index (κ1) is 21.2. The fourth-order valence-electron chi connectivity index (χ4n) is 3.97. The predicted octanol–water partition coefficient (Wildman–Crippen LogP) is 3.36. The smallest absolute Gasteiger partial charge is 0.234 e. The molecule has 6 nitrogen and oxygen atoms in total. The van der Waals surface area contributed by atoms with Crippen molar-refractivity contribution in [3.8, 4) is 0 Å². The first-order valence-electron chi connectivity index (χ1n) is 10.5. The molecule has 1 saturated heterocycles. The third-order valence-corrected chi connectivity index (χ3v) is 6.33. The summed E-state index contributed by atoms with van der Waals surface area (Å²) < 4.78 is 0. The summed E-state index contributed by atoms with van der Waals surface area (Å²) in [6.45, 7) is 1.51. The Morgan fingerprint density at radius 2 is 1.94 bits per heavy atom. The van der Waals surface area contributed by atoms with E-state index in [9.17, 15) is 9.59 Å². The molecule has 0 radical (unpaired) electrons. The quantitative estimate of drug-likeness (QED) is 0.569. The van der Waals surface area contributed by atoms with Crippen molar-refractivity contribution >= 4 is 28.8 Å². The van der Waals surface area contributed by atoms with Crippen molar-refractivity contribution in [2.24, 2.45) is 5.73 Å². The summed E-state index contributed by atoms with van der Waals surface area (Å²) in [6.07, 6.45) is 2.80. The number of carbonyl (C=O) groups excluding carboxylic acids is 2. The van der Waals surface area contributed by atoms with E-state index in [1.54, 1.807) is 11.3 Å². The van der Waals surface area contributed by atoms with E-state index in [1.165, 1.54) is 5.56 Å². The van der Waals surface area contributed by atoms with Gasteiger partial charge in [0.05, 0.1) is 23.2 Å². The van der Waals surface area contributed by atoms with Crippen molar-refractivity contribution in [2.45, 2.75) is 38.3 Å². The molecule has 2 heterocycles. The average molecular weight is 435 g/mol. The molecule has 1 aromatic heterocycles. The number of amides is 2. The van der Waals surface area contributed by atoms with Crippen LogP contribution >= 0.6 is 11.3 Å². The number of hydrogen-bond donors (Lipinski definition) is 2. The predicted molar refractivity (Wildman–Crippen MR) is 123 cm³/mol. The van der Waals surface area contributed by atoms with Crippen LogP contribution in [0.25, 0.3) is 0 Å². The molecule has 3 aromatic rings. The number of aromatic nitrogens is 1. The van der Waals surface area contributed by atoms with Gasteiger partial charge in [-0.05, 0) is 42.6 Å². The van der Waals surface area contributed by atoms with Crippen molar-refractivity contribution in [2.75, 3.05) is 11.9 Å². The van der Waals surface area contributed by atoms with Crippen LogP contribution < -0.4 is 11.1 Å². The van der Waals surface area contributed by atoms with E-state index in [-0.39, 0.29) is 24.3 Å². The molecule has 1 atom stereocenters. The molecule has 3 N–H and O–H groups in total. The average Bonchev–Trinajstić information content (AvgIpc) is 3.38. The van der Waals surface area contributed by atoms with Gasteiger partial charge >= 0.3 is 0 Å². The molecular weight excluding hydrogens is 408 g/mol. The third-order valence-electron chi connectivity index (χ3n) is 5.43. The van der Waals surface area contributed by atoms with Crippen LogP contribution in [0.15, 0.2) is 60.0 Å². The van der Waals surface area contributed by atoms with Crippen LogP contribution in [0.1, 0.15) is 34.7 Å². The van der Waals surface area contributed by atoms with Crippen molar-refractivity contribution in [1.29, 1.82) is 0 Å². The van der Waals surface area contributed by atoms with Gasteiger partial charge in [-0.25, -0.2) is 4.98 Å². The number of primary amides is 1. The Labute approximate surface area is 186 Å². The van der Waals surface area contributed by atoms with E-state index in [4.69, 9.17) is 5.73 Å². The van der Waals surface area contributed by atoms with Crippen LogP contribution in [0, 0.1) is 0 Å². The van der Waals surface area contributed by atoms with Crippen molar-refractivity contribution in [3.05, 3.63) is 81.8 Å². The Morgan fingerprint density at radius 1 is 1.13 bits per heavy atom. The first-order chi connectivity index (χ1) is 15.1. The molecule has 1 fully saturated rings. The highest BCUT2D eigenvalue weighted by Crippen LogP contribution is 2.21. The Balaban J connectivity index is 1.33. The molecule has 7 heteroatoms. The number of thiazole rings is 1. The number of nitrogens with two attached hydrogens (primary N) is 1. The lowest BCUT2D eigenvalue weighted by Gasteiger charge is -2.22. The van der Waals surface area contributed by atoms with Crippen LogP contribution in [0.4, 0.5) is 5.69 Å². The molecule has 0 spiro atoms. The fourth-order valence-corrected chi connectivity index (χ4v) is 4.80. The molecule has 0 bridgehead atoms. The lowest BCUT2D eigenvalue weighted by atomic mass is 10.1. The number of carbonyl (C=O) groups is 2.